The van der Waals surface area contributed by atoms with Crippen molar-refractivity contribution in [3.63, 3.8) is 0 Å². The second-order valence-electron chi connectivity index (χ2n) is 6.72. The molecule has 122 valence electrons. The molecule has 2 atom stereocenters. The fourth-order valence-corrected chi connectivity index (χ4v) is 3.87. The van der Waals surface area contributed by atoms with Crippen molar-refractivity contribution in [2.45, 2.75) is 58.4 Å². The summed E-state index contributed by atoms with van der Waals surface area (Å²) in [6.45, 7) is 10.1. The maximum atomic E-state index is 12.5. The molecule has 0 saturated carbocycles. The number of hydrogen-bond donors (Lipinski definition) is 1. The van der Waals surface area contributed by atoms with Gasteiger partial charge in [-0.1, -0.05) is 13.8 Å². The number of carbonyl (C=O) groups is 1. The lowest BCUT2D eigenvalue weighted by atomic mass is 9.90. The van der Waals surface area contributed by atoms with Gasteiger partial charge in [0.25, 0.3) is 0 Å². The van der Waals surface area contributed by atoms with E-state index in [1.54, 1.807) is 0 Å². The second kappa shape index (κ2) is 8.74. The molecule has 2 fully saturated rings. The van der Waals surface area contributed by atoms with E-state index in [0.717, 1.165) is 44.9 Å². The van der Waals surface area contributed by atoms with Crippen LogP contribution in [0.2, 0.25) is 0 Å². The normalized spacial score (nSPS) is 27.0. The highest BCUT2D eigenvalue weighted by Crippen LogP contribution is 2.24. The van der Waals surface area contributed by atoms with Gasteiger partial charge in [0.1, 0.15) is 0 Å². The first kappa shape index (κ1) is 16.8. The molecule has 0 radical (unpaired) electrons. The third-order valence-electron chi connectivity index (χ3n) is 4.91. The van der Waals surface area contributed by atoms with Crippen LogP contribution in [-0.2, 0) is 4.79 Å². The van der Waals surface area contributed by atoms with Crippen LogP contribution in [0.25, 0.3) is 0 Å². The zero-order valence-electron chi connectivity index (χ0n) is 13.9. The first-order valence-corrected chi connectivity index (χ1v) is 8.98. The van der Waals surface area contributed by atoms with Crippen molar-refractivity contribution in [1.29, 1.82) is 0 Å². The van der Waals surface area contributed by atoms with E-state index in [-0.39, 0.29) is 0 Å². The van der Waals surface area contributed by atoms with E-state index in [0.29, 0.717) is 18.5 Å². The zero-order valence-corrected chi connectivity index (χ0v) is 13.9. The Morgan fingerprint density at radius 3 is 2.57 bits per heavy atom. The van der Waals surface area contributed by atoms with Gasteiger partial charge in [-0.05, 0) is 57.5 Å². The van der Waals surface area contributed by atoms with Gasteiger partial charge >= 0.3 is 0 Å². The van der Waals surface area contributed by atoms with Crippen molar-refractivity contribution >= 4 is 5.91 Å². The topological polar surface area (TPSA) is 35.6 Å². The van der Waals surface area contributed by atoms with Gasteiger partial charge in [0.15, 0.2) is 0 Å². The Morgan fingerprint density at radius 2 is 1.95 bits per heavy atom. The molecule has 4 nitrogen and oxygen atoms in total. The third kappa shape index (κ3) is 4.96. The summed E-state index contributed by atoms with van der Waals surface area (Å²) >= 11 is 0. The Bertz CT molecular complexity index is 309. The van der Waals surface area contributed by atoms with Gasteiger partial charge in [0.2, 0.25) is 5.91 Å². The molecule has 2 unspecified atom stereocenters. The molecule has 2 aliphatic heterocycles. The molecule has 0 aromatic rings. The molecule has 0 bridgehead atoms. The highest BCUT2D eigenvalue weighted by atomic mass is 16.2. The summed E-state index contributed by atoms with van der Waals surface area (Å²) in [5.41, 5.74) is 0. The molecule has 1 amide bonds. The third-order valence-corrected chi connectivity index (χ3v) is 4.91. The van der Waals surface area contributed by atoms with E-state index >= 15 is 0 Å². The number of carbonyl (C=O) groups excluding carboxylic acids is 1. The number of hydrogen-bond acceptors (Lipinski definition) is 3. The Balaban J connectivity index is 1.81. The second-order valence-corrected chi connectivity index (χ2v) is 6.72. The number of rotatable bonds is 7. The van der Waals surface area contributed by atoms with Crippen LogP contribution >= 0.6 is 0 Å². The molecular formula is C17H33N3O. The summed E-state index contributed by atoms with van der Waals surface area (Å²) in [5, 5.41) is 3.64. The van der Waals surface area contributed by atoms with E-state index in [4.69, 9.17) is 0 Å². The zero-order chi connectivity index (χ0) is 15.1. The van der Waals surface area contributed by atoms with Gasteiger partial charge < -0.3 is 10.2 Å². The summed E-state index contributed by atoms with van der Waals surface area (Å²) in [5.74, 6) is 1.08. The van der Waals surface area contributed by atoms with Crippen molar-refractivity contribution < 1.29 is 4.79 Å². The fraction of sp³-hybridized carbons (Fsp3) is 0.941. The summed E-state index contributed by atoms with van der Waals surface area (Å²) < 4.78 is 0. The molecule has 2 rings (SSSR count). The first-order chi connectivity index (χ1) is 10.2. The van der Waals surface area contributed by atoms with E-state index in [1.165, 1.54) is 32.2 Å². The number of likely N-dealkylation sites (tertiary alicyclic amines) is 1. The highest BCUT2D eigenvalue weighted by molar-refractivity contribution is 5.78. The number of amides is 1. The number of nitrogens with zero attached hydrogens (tertiary/aromatic N) is 2. The van der Waals surface area contributed by atoms with Crippen molar-refractivity contribution in [1.82, 2.24) is 15.1 Å². The van der Waals surface area contributed by atoms with Gasteiger partial charge in [-0.25, -0.2) is 0 Å². The molecule has 2 aliphatic rings. The SMILES string of the molecule is CCCN(CCC)C(=O)CN1CCCC(C2CCCN2)C1. The molecule has 0 aromatic carbocycles. The molecule has 2 heterocycles. The van der Waals surface area contributed by atoms with Crippen molar-refractivity contribution in [3.05, 3.63) is 0 Å². The smallest absolute Gasteiger partial charge is 0.236 e. The standard InChI is InChI=1S/C17H33N3O/c1-3-10-20(11-4-2)17(21)14-19-12-6-7-15(13-19)16-8-5-9-18-16/h15-16,18H,3-14H2,1-2H3. The minimum atomic E-state index is 0.332. The molecule has 1 N–H and O–H groups in total. The maximum absolute atomic E-state index is 12.5. The highest BCUT2D eigenvalue weighted by Gasteiger charge is 2.30. The Hall–Kier alpha value is -0.610. The van der Waals surface area contributed by atoms with Gasteiger partial charge in [0, 0.05) is 25.7 Å². The van der Waals surface area contributed by atoms with E-state index in [1.807, 2.05) is 0 Å². The van der Waals surface area contributed by atoms with Gasteiger partial charge in [0.05, 0.1) is 6.54 Å². The summed E-state index contributed by atoms with van der Waals surface area (Å²) in [6.07, 6.45) is 7.33. The molecule has 0 aromatic heterocycles. The lowest BCUT2D eigenvalue weighted by Gasteiger charge is -2.36. The summed E-state index contributed by atoms with van der Waals surface area (Å²) in [4.78, 5) is 16.9. The molecule has 4 heteroatoms. The molecule has 2 saturated heterocycles. The number of piperidine rings is 1. The van der Waals surface area contributed by atoms with Crippen LogP contribution in [0.15, 0.2) is 0 Å². The minimum Gasteiger partial charge on any atom is -0.342 e. The molecule has 0 aliphatic carbocycles. The lowest BCUT2D eigenvalue weighted by Crippen LogP contribution is -2.48. The van der Waals surface area contributed by atoms with Crippen LogP contribution in [0.4, 0.5) is 0 Å². The van der Waals surface area contributed by atoms with Gasteiger partial charge in [-0.15, -0.1) is 0 Å². The molecule has 0 spiro atoms. The lowest BCUT2D eigenvalue weighted by molar-refractivity contribution is -0.133. The first-order valence-electron chi connectivity index (χ1n) is 8.98. The Kier molecular flexibility index (Phi) is 6.97. The number of nitrogens with one attached hydrogen (secondary N) is 1. The Morgan fingerprint density at radius 1 is 1.19 bits per heavy atom. The van der Waals surface area contributed by atoms with Gasteiger partial charge in [-0.3, -0.25) is 9.69 Å². The van der Waals surface area contributed by atoms with E-state index < -0.39 is 0 Å². The molecule has 21 heavy (non-hydrogen) atoms. The quantitative estimate of drug-likeness (QED) is 0.781. The van der Waals surface area contributed by atoms with Crippen LogP contribution < -0.4 is 5.32 Å². The molecular weight excluding hydrogens is 262 g/mol. The van der Waals surface area contributed by atoms with Crippen molar-refractivity contribution in [2.24, 2.45) is 5.92 Å². The van der Waals surface area contributed by atoms with Crippen LogP contribution in [0, 0.1) is 5.92 Å². The average molecular weight is 295 g/mol. The van der Waals surface area contributed by atoms with Crippen LogP contribution in [-0.4, -0.2) is 61.0 Å². The van der Waals surface area contributed by atoms with E-state index in [2.05, 4.69) is 29.0 Å². The van der Waals surface area contributed by atoms with Crippen LogP contribution in [0.1, 0.15) is 52.4 Å². The van der Waals surface area contributed by atoms with Crippen molar-refractivity contribution in [2.75, 3.05) is 39.3 Å². The Labute approximate surface area is 130 Å². The van der Waals surface area contributed by atoms with Crippen LogP contribution in [0.5, 0.6) is 0 Å². The predicted octanol–water partition coefficient (Wildman–Crippen LogP) is 2.10. The minimum absolute atomic E-state index is 0.332. The van der Waals surface area contributed by atoms with E-state index in [9.17, 15) is 4.79 Å². The van der Waals surface area contributed by atoms with Gasteiger partial charge in [-0.2, -0.15) is 0 Å². The van der Waals surface area contributed by atoms with Crippen LogP contribution in [0.3, 0.4) is 0 Å². The van der Waals surface area contributed by atoms with Crippen molar-refractivity contribution in [3.8, 4) is 0 Å². The maximum Gasteiger partial charge on any atom is 0.236 e. The fourth-order valence-electron chi connectivity index (χ4n) is 3.87. The average Bonchev–Trinajstić information content (AvgIpc) is 3.01. The summed E-state index contributed by atoms with van der Waals surface area (Å²) in [6, 6.07) is 0.699. The predicted molar refractivity (Wildman–Crippen MR) is 87.4 cm³/mol. The largest absolute Gasteiger partial charge is 0.342 e. The monoisotopic (exact) mass is 295 g/mol. The summed E-state index contributed by atoms with van der Waals surface area (Å²) in [7, 11) is 0.